The smallest absolute Gasteiger partial charge is 0.215 e. The molecule has 0 bridgehead atoms. The third-order valence-electron chi connectivity index (χ3n) is 4.91. The van der Waals surface area contributed by atoms with Crippen molar-refractivity contribution in [2.24, 2.45) is 0 Å². The lowest BCUT2D eigenvalue weighted by Gasteiger charge is -2.30. The van der Waals surface area contributed by atoms with E-state index in [9.17, 15) is 0 Å². The van der Waals surface area contributed by atoms with E-state index < -0.39 is 5.79 Å². The van der Waals surface area contributed by atoms with Crippen LogP contribution in [0.4, 0.5) is 5.69 Å². The van der Waals surface area contributed by atoms with Gasteiger partial charge in [0.05, 0.1) is 24.5 Å². The van der Waals surface area contributed by atoms with Gasteiger partial charge in [-0.3, -0.25) is 0 Å². The van der Waals surface area contributed by atoms with Crippen molar-refractivity contribution in [3.8, 4) is 0 Å². The first-order chi connectivity index (χ1) is 13.9. The monoisotopic (exact) mass is 431 g/mol. The Balaban J connectivity index is 1.55. The molecule has 4 rings (SSSR count). The Labute approximate surface area is 180 Å². The van der Waals surface area contributed by atoms with Gasteiger partial charge in [-0.2, -0.15) is 0 Å². The molecule has 0 amide bonds. The van der Waals surface area contributed by atoms with Gasteiger partial charge in [0, 0.05) is 35.2 Å². The number of aromatic nitrogens is 2. The summed E-state index contributed by atoms with van der Waals surface area (Å²) in [7, 11) is 0. The number of hydrogen-bond acceptors (Lipinski definition) is 4. The second kappa shape index (κ2) is 8.36. The molecule has 1 aliphatic heterocycles. The minimum atomic E-state index is -1.00. The van der Waals surface area contributed by atoms with Crippen LogP contribution in [0, 0.1) is 13.8 Å². The molecule has 5 nitrogen and oxygen atoms in total. The summed E-state index contributed by atoms with van der Waals surface area (Å²) >= 11 is 12.6. The summed E-state index contributed by atoms with van der Waals surface area (Å²) in [4.78, 5) is 4.12. The van der Waals surface area contributed by atoms with E-state index in [1.165, 1.54) is 11.1 Å². The van der Waals surface area contributed by atoms with Gasteiger partial charge in [0.2, 0.25) is 5.79 Å². The van der Waals surface area contributed by atoms with Crippen molar-refractivity contribution in [2.75, 3.05) is 18.5 Å². The summed E-state index contributed by atoms with van der Waals surface area (Å²) in [5.74, 6) is -1.00. The molecular weight excluding hydrogens is 409 g/mol. The van der Waals surface area contributed by atoms with E-state index in [1.54, 1.807) is 24.7 Å². The van der Waals surface area contributed by atoms with Gasteiger partial charge in [-0.1, -0.05) is 35.3 Å². The molecule has 1 fully saturated rings. The van der Waals surface area contributed by atoms with Crippen molar-refractivity contribution < 1.29 is 9.47 Å². The average Bonchev–Trinajstić information content (AvgIpc) is 3.30. The molecule has 3 aromatic rings. The molecule has 1 aromatic heterocycles. The molecule has 7 heteroatoms. The van der Waals surface area contributed by atoms with E-state index in [0.717, 1.165) is 11.3 Å². The lowest BCUT2D eigenvalue weighted by atomic mass is 10.1. The van der Waals surface area contributed by atoms with E-state index in [4.69, 9.17) is 32.7 Å². The molecule has 1 aliphatic rings. The lowest BCUT2D eigenvalue weighted by molar-refractivity contribution is -0.185. The van der Waals surface area contributed by atoms with E-state index in [2.05, 4.69) is 42.3 Å². The Bertz CT molecular complexity index is 973. The molecule has 0 saturated carbocycles. The van der Waals surface area contributed by atoms with E-state index >= 15 is 0 Å². The summed E-state index contributed by atoms with van der Waals surface area (Å²) in [5, 5.41) is 4.55. The zero-order chi connectivity index (χ0) is 20.4. The number of nitrogens with zero attached hydrogens (tertiary/aromatic N) is 2. The maximum Gasteiger partial charge on any atom is 0.215 e. The Morgan fingerprint density at radius 2 is 1.97 bits per heavy atom. The first-order valence-electron chi connectivity index (χ1n) is 9.49. The van der Waals surface area contributed by atoms with Crippen LogP contribution in [0.25, 0.3) is 0 Å². The molecule has 2 heterocycles. The van der Waals surface area contributed by atoms with Crippen LogP contribution in [0.1, 0.15) is 16.7 Å². The van der Waals surface area contributed by atoms with E-state index in [1.807, 2.05) is 16.8 Å². The van der Waals surface area contributed by atoms with E-state index in [-0.39, 0.29) is 6.10 Å². The summed E-state index contributed by atoms with van der Waals surface area (Å²) in [5.41, 5.74) is 4.27. The Kier molecular flexibility index (Phi) is 5.83. The zero-order valence-electron chi connectivity index (χ0n) is 16.4. The van der Waals surface area contributed by atoms with Gasteiger partial charge in [0.1, 0.15) is 6.10 Å². The quantitative estimate of drug-likeness (QED) is 0.583. The van der Waals surface area contributed by atoms with Gasteiger partial charge < -0.3 is 19.4 Å². The van der Waals surface area contributed by atoms with E-state index in [0.29, 0.717) is 29.7 Å². The van der Waals surface area contributed by atoms with Crippen molar-refractivity contribution in [3.05, 3.63) is 81.9 Å². The SMILES string of the molecule is Cc1cc(C)cc(NCC2COC(Cn3ccnc3)(c3ccc(Cl)cc3Cl)O2)c1. The third kappa shape index (κ3) is 4.59. The van der Waals surface area contributed by atoms with Crippen molar-refractivity contribution in [1.29, 1.82) is 0 Å². The number of ether oxygens (including phenoxy) is 2. The fourth-order valence-electron chi connectivity index (χ4n) is 3.70. The van der Waals surface area contributed by atoms with Crippen molar-refractivity contribution >= 4 is 28.9 Å². The number of imidazole rings is 1. The highest BCUT2D eigenvalue weighted by Gasteiger charge is 2.45. The predicted octanol–water partition coefficient (Wildman–Crippen LogP) is 5.19. The van der Waals surface area contributed by atoms with Crippen LogP contribution in [-0.4, -0.2) is 28.8 Å². The topological polar surface area (TPSA) is 48.3 Å². The number of rotatable bonds is 6. The largest absolute Gasteiger partial charge is 0.382 e. The van der Waals surface area contributed by atoms with Crippen molar-refractivity contribution in [1.82, 2.24) is 9.55 Å². The normalized spacial score (nSPS) is 21.4. The van der Waals surface area contributed by atoms with Gasteiger partial charge in [0.25, 0.3) is 0 Å². The summed E-state index contributed by atoms with van der Waals surface area (Å²) < 4.78 is 14.6. The number of anilines is 1. The maximum atomic E-state index is 6.51. The molecule has 2 aromatic carbocycles. The van der Waals surface area contributed by atoms with Gasteiger partial charge >= 0.3 is 0 Å². The van der Waals surface area contributed by atoms with Gasteiger partial charge in [-0.15, -0.1) is 0 Å². The minimum Gasteiger partial charge on any atom is -0.382 e. The maximum absolute atomic E-state index is 6.51. The van der Waals surface area contributed by atoms with Gasteiger partial charge in [-0.05, 0) is 49.2 Å². The predicted molar refractivity (Wildman–Crippen MR) is 116 cm³/mol. The molecule has 2 atom stereocenters. The number of nitrogens with one attached hydrogen (secondary N) is 1. The second-order valence-electron chi connectivity index (χ2n) is 7.42. The number of hydrogen-bond donors (Lipinski definition) is 1. The van der Waals surface area contributed by atoms with Crippen LogP contribution in [0.15, 0.2) is 55.1 Å². The number of benzene rings is 2. The molecule has 2 unspecified atom stereocenters. The summed E-state index contributed by atoms with van der Waals surface area (Å²) in [6, 6.07) is 11.8. The first kappa shape index (κ1) is 20.2. The average molecular weight is 432 g/mol. The van der Waals surface area contributed by atoms with Crippen LogP contribution < -0.4 is 5.32 Å². The molecule has 0 aliphatic carbocycles. The standard InChI is InChI=1S/C22H23Cl2N3O2/c1-15-7-16(2)9-18(8-15)26-11-19-12-28-22(29-19,13-27-6-5-25-14-27)20-4-3-17(23)10-21(20)24/h3-10,14,19,26H,11-13H2,1-2H3. The Morgan fingerprint density at radius 1 is 1.17 bits per heavy atom. The number of halogens is 2. The molecule has 1 N–H and O–H groups in total. The highest BCUT2D eigenvalue weighted by Crippen LogP contribution is 2.40. The van der Waals surface area contributed by atoms with Crippen LogP contribution in [0.3, 0.4) is 0 Å². The molecule has 0 spiro atoms. The van der Waals surface area contributed by atoms with Crippen LogP contribution in [0.2, 0.25) is 10.0 Å². The van der Waals surface area contributed by atoms with Crippen LogP contribution in [-0.2, 0) is 21.8 Å². The number of aryl methyl sites for hydroxylation is 2. The highest BCUT2D eigenvalue weighted by atomic mass is 35.5. The fourth-order valence-corrected chi connectivity index (χ4v) is 4.25. The third-order valence-corrected chi connectivity index (χ3v) is 5.45. The van der Waals surface area contributed by atoms with Crippen molar-refractivity contribution in [3.63, 3.8) is 0 Å². The highest BCUT2D eigenvalue weighted by molar-refractivity contribution is 6.35. The fraction of sp³-hybridized carbons (Fsp3) is 0.318. The summed E-state index contributed by atoms with van der Waals surface area (Å²) in [6.45, 7) is 5.69. The molecule has 1 saturated heterocycles. The van der Waals surface area contributed by atoms with Gasteiger partial charge in [0.15, 0.2) is 0 Å². The Hall–Kier alpha value is -2.05. The van der Waals surface area contributed by atoms with Crippen LogP contribution >= 0.6 is 23.2 Å². The van der Waals surface area contributed by atoms with Gasteiger partial charge in [-0.25, -0.2) is 4.98 Å². The second-order valence-corrected chi connectivity index (χ2v) is 8.26. The van der Waals surface area contributed by atoms with Crippen molar-refractivity contribution in [2.45, 2.75) is 32.3 Å². The lowest BCUT2D eigenvalue weighted by Crippen LogP contribution is -2.34. The van der Waals surface area contributed by atoms with Crippen LogP contribution in [0.5, 0.6) is 0 Å². The first-order valence-corrected chi connectivity index (χ1v) is 10.2. The zero-order valence-corrected chi connectivity index (χ0v) is 17.9. The minimum absolute atomic E-state index is 0.133. The molecule has 152 valence electrons. The molecule has 29 heavy (non-hydrogen) atoms. The Morgan fingerprint density at radius 3 is 2.66 bits per heavy atom. The molecular formula is C22H23Cl2N3O2. The molecule has 0 radical (unpaired) electrons. The summed E-state index contributed by atoms with van der Waals surface area (Å²) in [6.07, 6.45) is 5.20.